The van der Waals surface area contributed by atoms with Gasteiger partial charge in [0.15, 0.2) is 11.6 Å². The van der Waals surface area contributed by atoms with E-state index in [-0.39, 0.29) is 16.7 Å². The van der Waals surface area contributed by atoms with Crippen LogP contribution in [0, 0.1) is 11.6 Å². The summed E-state index contributed by atoms with van der Waals surface area (Å²) >= 11 is 0. The molecule has 0 bridgehead atoms. The van der Waals surface area contributed by atoms with E-state index in [9.17, 15) is 8.78 Å². The number of nitrogens with zero attached hydrogens (tertiary/aromatic N) is 2. The summed E-state index contributed by atoms with van der Waals surface area (Å²) < 4.78 is 26.7. The van der Waals surface area contributed by atoms with Gasteiger partial charge in [0, 0.05) is 17.9 Å². The maximum atomic E-state index is 13.6. The second-order valence-electron chi connectivity index (χ2n) is 3.67. The molecule has 2 aromatic rings. The molecule has 1 heterocycles. The summed E-state index contributed by atoms with van der Waals surface area (Å²) in [6.07, 6.45) is 1.44. The number of hydrazine groups is 1. The second kappa shape index (κ2) is 4.58. The van der Waals surface area contributed by atoms with Crippen LogP contribution in [0.3, 0.4) is 0 Å². The van der Waals surface area contributed by atoms with E-state index in [0.29, 0.717) is 12.2 Å². The number of hydrogen-bond donors (Lipinski definition) is 2. The molecule has 0 fully saturated rings. The molecule has 0 aliphatic heterocycles. The average molecular weight is 238 g/mol. The lowest BCUT2D eigenvalue weighted by Crippen LogP contribution is -2.11. The Kier molecular flexibility index (Phi) is 3.14. The summed E-state index contributed by atoms with van der Waals surface area (Å²) in [5.74, 6) is 4.62. The van der Waals surface area contributed by atoms with Gasteiger partial charge in [-0.25, -0.2) is 24.6 Å². The molecule has 0 saturated heterocycles. The monoisotopic (exact) mass is 238 g/mol. The first kappa shape index (κ1) is 11.7. The van der Waals surface area contributed by atoms with Gasteiger partial charge in [0.2, 0.25) is 0 Å². The van der Waals surface area contributed by atoms with Gasteiger partial charge in [-0.3, -0.25) is 0 Å². The van der Waals surface area contributed by atoms with Crippen molar-refractivity contribution in [2.45, 2.75) is 19.8 Å². The third kappa shape index (κ3) is 2.16. The van der Waals surface area contributed by atoms with Gasteiger partial charge in [0.1, 0.15) is 17.2 Å². The Labute approximate surface area is 96.8 Å². The van der Waals surface area contributed by atoms with Crippen LogP contribution in [0.1, 0.15) is 19.2 Å². The molecule has 0 amide bonds. The van der Waals surface area contributed by atoms with Crippen LogP contribution in [-0.2, 0) is 6.42 Å². The van der Waals surface area contributed by atoms with Crippen LogP contribution in [-0.4, -0.2) is 9.97 Å². The van der Waals surface area contributed by atoms with Crippen molar-refractivity contribution in [3.05, 3.63) is 29.6 Å². The number of aromatic nitrogens is 2. The van der Waals surface area contributed by atoms with Gasteiger partial charge < -0.3 is 5.43 Å². The lowest BCUT2D eigenvalue weighted by Gasteiger charge is -2.08. The summed E-state index contributed by atoms with van der Waals surface area (Å²) in [7, 11) is 0. The van der Waals surface area contributed by atoms with Crippen LogP contribution in [0.25, 0.3) is 10.9 Å². The lowest BCUT2D eigenvalue weighted by atomic mass is 10.2. The molecule has 1 aromatic heterocycles. The normalized spacial score (nSPS) is 10.8. The van der Waals surface area contributed by atoms with Crippen molar-refractivity contribution >= 4 is 16.7 Å². The fourth-order valence-corrected chi connectivity index (χ4v) is 1.65. The molecule has 0 radical (unpaired) electrons. The van der Waals surface area contributed by atoms with Crippen LogP contribution in [0.15, 0.2) is 12.1 Å². The summed E-state index contributed by atoms with van der Waals surface area (Å²) in [4.78, 5) is 8.18. The molecule has 0 atom stereocenters. The highest BCUT2D eigenvalue weighted by molar-refractivity contribution is 5.89. The minimum absolute atomic E-state index is 0.0813. The highest BCUT2D eigenvalue weighted by atomic mass is 19.1. The highest BCUT2D eigenvalue weighted by Crippen LogP contribution is 2.23. The van der Waals surface area contributed by atoms with Crippen molar-refractivity contribution in [2.24, 2.45) is 5.84 Å². The lowest BCUT2D eigenvalue weighted by molar-refractivity contribution is 0.589. The largest absolute Gasteiger partial charge is 0.308 e. The van der Waals surface area contributed by atoms with Gasteiger partial charge in [-0.15, -0.1) is 0 Å². The van der Waals surface area contributed by atoms with Crippen molar-refractivity contribution in [2.75, 3.05) is 5.43 Å². The molecular formula is C11H12F2N4. The van der Waals surface area contributed by atoms with E-state index in [4.69, 9.17) is 5.84 Å². The molecule has 6 heteroatoms. The van der Waals surface area contributed by atoms with Gasteiger partial charge in [-0.05, 0) is 12.5 Å². The van der Waals surface area contributed by atoms with Gasteiger partial charge in [-0.2, -0.15) is 0 Å². The number of fused-ring (bicyclic) bond motifs is 1. The van der Waals surface area contributed by atoms with E-state index in [1.54, 1.807) is 0 Å². The number of hydrogen-bond acceptors (Lipinski definition) is 4. The maximum Gasteiger partial charge on any atom is 0.152 e. The highest BCUT2D eigenvalue weighted by Gasteiger charge is 2.12. The third-order valence-corrected chi connectivity index (χ3v) is 2.38. The number of benzene rings is 1. The molecule has 90 valence electrons. The van der Waals surface area contributed by atoms with Crippen molar-refractivity contribution in [3.8, 4) is 0 Å². The molecule has 0 spiro atoms. The number of nitrogens with one attached hydrogen (secondary N) is 1. The number of aryl methyl sites for hydroxylation is 1. The first-order valence-corrected chi connectivity index (χ1v) is 5.28. The Hall–Kier alpha value is -1.82. The van der Waals surface area contributed by atoms with Crippen molar-refractivity contribution in [1.82, 2.24) is 9.97 Å². The topological polar surface area (TPSA) is 63.8 Å². The summed E-state index contributed by atoms with van der Waals surface area (Å²) in [5.41, 5.74) is 2.42. The van der Waals surface area contributed by atoms with E-state index < -0.39 is 11.6 Å². The zero-order valence-electron chi connectivity index (χ0n) is 9.30. The Morgan fingerprint density at radius 3 is 2.71 bits per heavy atom. The van der Waals surface area contributed by atoms with Crippen LogP contribution in [0.4, 0.5) is 14.6 Å². The standard InChI is InChI=1S/C11H12F2N4/c1-2-3-9-15-10-7(11(16-9)17-14)4-6(12)5-8(10)13/h4-5H,2-3,14H2,1H3,(H,15,16,17). The van der Waals surface area contributed by atoms with Gasteiger partial charge >= 0.3 is 0 Å². The summed E-state index contributed by atoms with van der Waals surface area (Å²) in [5, 5.41) is 0.241. The van der Waals surface area contributed by atoms with E-state index in [0.717, 1.165) is 18.6 Å². The van der Waals surface area contributed by atoms with Crippen LogP contribution in [0.5, 0.6) is 0 Å². The number of nitrogens with two attached hydrogens (primary N) is 1. The maximum absolute atomic E-state index is 13.6. The van der Waals surface area contributed by atoms with Gasteiger partial charge in [0.25, 0.3) is 0 Å². The Balaban J connectivity index is 2.73. The first-order valence-electron chi connectivity index (χ1n) is 5.28. The van der Waals surface area contributed by atoms with Crippen LogP contribution < -0.4 is 11.3 Å². The third-order valence-electron chi connectivity index (χ3n) is 2.38. The van der Waals surface area contributed by atoms with Gasteiger partial charge in [-0.1, -0.05) is 6.92 Å². The molecule has 0 aliphatic rings. The van der Waals surface area contributed by atoms with E-state index in [1.165, 1.54) is 0 Å². The summed E-state index contributed by atoms with van der Waals surface area (Å²) in [6, 6.07) is 1.95. The van der Waals surface area contributed by atoms with Crippen molar-refractivity contribution in [3.63, 3.8) is 0 Å². The molecule has 0 aliphatic carbocycles. The fourth-order valence-electron chi connectivity index (χ4n) is 1.65. The average Bonchev–Trinajstić information content (AvgIpc) is 2.29. The van der Waals surface area contributed by atoms with Crippen molar-refractivity contribution < 1.29 is 8.78 Å². The smallest absolute Gasteiger partial charge is 0.152 e. The minimum atomic E-state index is -0.712. The molecule has 1 aromatic carbocycles. The number of rotatable bonds is 3. The van der Waals surface area contributed by atoms with E-state index >= 15 is 0 Å². The number of nitrogen functional groups attached to an aromatic ring is 1. The molecule has 17 heavy (non-hydrogen) atoms. The molecular weight excluding hydrogens is 226 g/mol. The van der Waals surface area contributed by atoms with E-state index in [2.05, 4.69) is 15.4 Å². The predicted molar refractivity (Wildman–Crippen MR) is 61.3 cm³/mol. The van der Waals surface area contributed by atoms with Gasteiger partial charge in [0.05, 0.1) is 0 Å². The molecule has 2 rings (SSSR count). The number of halogens is 2. The Bertz CT molecular complexity index is 557. The molecule has 4 nitrogen and oxygen atoms in total. The molecule has 0 unspecified atom stereocenters. The Morgan fingerprint density at radius 2 is 2.06 bits per heavy atom. The summed E-state index contributed by atoms with van der Waals surface area (Å²) in [6.45, 7) is 1.96. The molecule has 3 N–H and O–H groups in total. The zero-order chi connectivity index (χ0) is 12.4. The second-order valence-corrected chi connectivity index (χ2v) is 3.67. The first-order chi connectivity index (χ1) is 8.15. The SMILES string of the molecule is CCCc1nc(NN)c2cc(F)cc(F)c2n1. The van der Waals surface area contributed by atoms with Crippen molar-refractivity contribution in [1.29, 1.82) is 0 Å². The van der Waals surface area contributed by atoms with Crippen LogP contribution in [0.2, 0.25) is 0 Å². The Morgan fingerprint density at radius 1 is 1.29 bits per heavy atom. The quantitative estimate of drug-likeness (QED) is 0.635. The zero-order valence-corrected chi connectivity index (χ0v) is 9.30. The predicted octanol–water partition coefficient (Wildman–Crippen LogP) is 2.15. The minimum Gasteiger partial charge on any atom is -0.308 e. The fraction of sp³-hybridized carbons (Fsp3) is 0.273. The number of anilines is 1. The molecule has 0 saturated carbocycles. The van der Waals surface area contributed by atoms with E-state index in [1.807, 2.05) is 6.92 Å². The van der Waals surface area contributed by atoms with Crippen LogP contribution >= 0.6 is 0 Å².